The second kappa shape index (κ2) is 6.01. The zero-order valence-corrected chi connectivity index (χ0v) is 10.8. The number of nitrogens with zero attached hydrogens (tertiary/aromatic N) is 1. The Bertz CT molecular complexity index is 632. The van der Waals surface area contributed by atoms with Gasteiger partial charge in [0.15, 0.2) is 11.6 Å². The number of ether oxygens (including phenoxy) is 1. The van der Waals surface area contributed by atoms with E-state index >= 15 is 0 Å². The molecule has 5 nitrogen and oxygen atoms in total. The van der Waals surface area contributed by atoms with Crippen LogP contribution in [0.25, 0.3) is 0 Å². The molecule has 1 aromatic carbocycles. The molecule has 2 aromatic rings. The van der Waals surface area contributed by atoms with Crippen LogP contribution in [0.5, 0.6) is 5.75 Å². The smallest absolute Gasteiger partial charge is 0.339 e. The Hall–Kier alpha value is -2.63. The van der Waals surface area contributed by atoms with Crippen LogP contribution >= 0.6 is 0 Å². The maximum atomic E-state index is 13.7. The third kappa shape index (κ3) is 3.03. The summed E-state index contributed by atoms with van der Waals surface area (Å²) < 4.78 is 18.8. The predicted molar refractivity (Wildman–Crippen MR) is 72.0 cm³/mol. The predicted octanol–water partition coefficient (Wildman–Crippen LogP) is 3.06. The Kier molecular flexibility index (Phi) is 4.14. The highest BCUT2D eigenvalue weighted by Gasteiger charge is 2.11. The Morgan fingerprint density at radius 3 is 2.90 bits per heavy atom. The van der Waals surface area contributed by atoms with Gasteiger partial charge in [-0.25, -0.2) is 9.18 Å². The molecule has 2 rings (SSSR count). The number of aromatic nitrogens is 1. The van der Waals surface area contributed by atoms with Gasteiger partial charge in [0.25, 0.3) is 0 Å². The average Bonchev–Trinajstić information content (AvgIpc) is 2.42. The van der Waals surface area contributed by atoms with E-state index in [1.165, 1.54) is 30.6 Å². The maximum Gasteiger partial charge on any atom is 0.339 e. The van der Waals surface area contributed by atoms with Crippen LogP contribution in [0.2, 0.25) is 0 Å². The quantitative estimate of drug-likeness (QED) is 0.878. The van der Waals surface area contributed by atoms with Gasteiger partial charge in [0.2, 0.25) is 0 Å². The van der Waals surface area contributed by atoms with E-state index in [0.29, 0.717) is 18.0 Å². The fraction of sp³-hybridized carbons (Fsp3) is 0.143. The molecule has 1 heterocycles. The first-order chi connectivity index (χ1) is 9.61. The van der Waals surface area contributed by atoms with Gasteiger partial charge in [-0.15, -0.1) is 0 Å². The molecule has 0 unspecified atom stereocenters. The van der Waals surface area contributed by atoms with Gasteiger partial charge in [-0.2, -0.15) is 0 Å². The molecule has 0 spiro atoms. The fourth-order valence-electron chi connectivity index (χ4n) is 1.68. The number of nitrogens with one attached hydrogen (secondary N) is 1. The largest absolute Gasteiger partial charge is 0.491 e. The first-order valence-corrected chi connectivity index (χ1v) is 5.98. The summed E-state index contributed by atoms with van der Waals surface area (Å²) in [4.78, 5) is 14.8. The second-order valence-corrected chi connectivity index (χ2v) is 3.93. The summed E-state index contributed by atoms with van der Waals surface area (Å²) >= 11 is 0. The summed E-state index contributed by atoms with van der Waals surface area (Å²) in [6.45, 7) is 2.14. The number of benzene rings is 1. The number of hydrogen-bond donors (Lipinski definition) is 2. The number of pyridine rings is 1. The van der Waals surface area contributed by atoms with Crippen LogP contribution in [0.1, 0.15) is 17.3 Å². The number of hydrogen-bond acceptors (Lipinski definition) is 4. The zero-order chi connectivity index (χ0) is 14.5. The molecule has 0 aliphatic rings. The van der Waals surface area contributed by atoms with Crippen LogP contribution in [0.4, 0.5) is 15.8 Å². The average molecular weight is 276 g/mol. The molecule has 2 N–H and O–H groups in total. The SMILES string of the molecule is CCOc1ccc(Nc2ccncc2C(=O)O)cc1F. The number of aromatic carboxylic acids is 1. The molecular weight excluding hydrogens is 263 g/mol. The van der Waals surface area contributed by atoms with Gasteiger partial charge in [0.05, 0.1) is 12.3 Å². The third-order valence-electron chi connectivity index (χ3n) is 2.56. The molecule has 0 atom stereocenters. The van der Waals surface area contributed by atoms with Crippen molar-refractivity contribution in [3.05, 3.63) is 48.0 Å². The first-order valence-electron chi connectivity index (χ1n) is 5.98. The van der Waals surface area contributed by atoms with Crippen molar-refractivity contribution < 1.29 is 19.0 Å². The van der Waals surface area contributed by atoms with Gasteiger partial charge in [0.1, 0.15) is 5.56 Å². The van der Waals surface area contributed by atoms with Crippen molar-refractivity contribution in [1.82, 2.24) is 4.98 Å². The molecule has 0 fully saturated rings. The Balaban J connectivity index is 2.27. The number of carbonyl (C=O) groups is 1. The minimum Gasteiger partial charge on any atom is -0.491 e. The van der Waals surface area contributed by atoms with Crippen molar-refractivity contribution in [2.75, 3.05) is 11.9 Å². The minimum absolute atomic E-state index is 0.0155. The van der Waals surface area contributed by atoms with Crippen LogP contribution < -0.4 is 10.1 Å². The van der Waals surface area contributed by atoms with Crippen molar-refractivity contribution in [3.63, 3.8) is 0 Å². The molecule has 6 heteroatoms. The summed E-state index contributed by atoms with van der Waals surface area (Å²) in [5.74, 6) is -1.46. The van der Waals surface area contributed by atoms with E-state index in [1.54, 1.807) is 13.0 Å². The maximum absolute atomic E-state index is 13.7. The van der Waals surface area contributed by atoms with E-state index in [-0.39, 0.29) is 11.3 Å². The lowest BCUT2D eigenvalue weighted by atomic mass is 10.2. The van der Waals surface area contributed by atoms with Crippen molar-refractivity contribution in [2.45, 2.75) is 6.92 Å². The van der Waals surface area contributed by atoms with E-state index in [9.17, 15) is 9.18 Å². The number of halogens is 1. The van der Waals surface area contributed by atoms with E-state index in [0.717, 1.165) is 0 Å². The highest BCUT2D eigenvalue weighted by molar-refractivity contribution is 5.94. The molecule has 0 amide bonds. The Labute approximate surface area is 115 Å². The molecule has 0 bridgehead atoms. The van der Waals surface area contributed by atoms with E-state index < -0.39 is 11.8 Å². The highest BCUT2D eigenvalue weighted by atomic mass is 19.1. The zero-order valence-electron chi connectivity index (χ0n) is 10.8. The monoisotopic (exact) mass is 276 g/mol. The molecule has 104 valence electrons. The number of carboxylic acids is 1. The van der Waals surface area contributed by atoms with Crippen molar-refractivity contribution >= 4 is 17.3 Å². The van der Waals surface area contributed by atoms with Gasteiger partial charge in [-0.3, -0.25) is 4.98 Å². The van der Waals surface area contributed by atoms with Crippen molar-refractivity contribution in [3.8, 4) is 5.75 Å². The summed E-state index contributed by atoms with van der Waals surface area (Å²) in [6, 6.07) is 5.86. The molecule has 20 heavy (non-hydrogen) atoms. The van der Waals surface area contributed by atoms with Crippen LogP contribution in [0.15, 0.2) is 36.7 Å². The minimum atomic E-state index is -1.10. The fourth-order valence-corrected chi connectivity index (χ4v) is 1.68. The van der Waals surface area contributed by atoms with Crippen LogP contribution in [-0.4, -0.2) is 22.7 Å². The summed E-state index contributed by atoms with van der Waals surface area (Å²) in [5.41, 5.74) is 0.789. The van der Waals surface area contributed by atoms with Gasteiger partial charge in [0, 0.05) is 24.1 Å². The lowest BCUT2D eigenvalue weighted by Crippen LogP contribution is -2.03. The van der Waals surface area contributed by atoms with Gasteiger partial charge >= 0.3 is 5.97 Å². The Morgan fingerprint density at radius 2 is 2.25 bits per heavy atom. The molecule has 1 aromatic heterocycles. The molecule has 0 aliphatic carbocycles. The molecular formula is C14H13FN2O3. The van der Waals surface area contributed by atoms with Crippen molar-refractivity contribution in [1.29, 1.82) is 0 Å². The molecule has 0 saturated carbocycles. The number of anilines is 2. The van der Waals surface area contributed by atoms with E-state index in [4.69, 9.17) is 9.84 Å². The second-order valence-electron chi connectivity index (χ2n) is 3.93. The molecule has 0 radical (unpaired) electrons. The van der Waals surface area contributed by atoms with Crippen LogP contribution in [0.3, 0.4) is 0 Å². The summed E-state index contributed by atoms with van der Waals surface area (Å²) in [6.07, 6.45) is 2.69. The van der Waals surface area contributed by atoms with Crippen LogP contribution in [0, 0.1) is 5.82 Å². The highest BCUT2D eigenvalue weighted by Crippen LogP contribution is 2.25. The molecule has 0 saturated heterocycles. The first kappa shape index (κ1) is 13.8. The lowest BCUT2D eigenvalue weighted by Gasteiger charge is -2.10. The van der Waals surface area contributed by atoms with Crippen molar-refractivity contribution in [2.24, 2.45) is 0 Å². The topological polar surface area (TPSA) is 71.5 Å². The molecule has 0 aliphatic heterocycles. The lowest BCUT2D eigenvalue weighted by molar-refractivity contribution is 0.0697. The van der Waals surface area contributed by atoms with Gasteiger partial charge in [-0.1, -0.05) is 0 Å². The third-order valence-corrected chi connectivity index (χ3v) is 2.56. The Morgan fingerprint density at radius 1 is 1.45 bits per heavy atom. The standard InChI is InChI=1S/C14H13FN2O3/c1-2-20-13-4-3-9(7-11(13)15)17-12-5-6-16-8-10(12)14(18)19/h3-8H,2H2,1H3,(H,16,17)(H,18,19). The van der Waals surface area contributed by atoms with Crippen LogP contribution in [-0.2, 0) is 0 Å². The van der Waals surface area contributed by atoms with Gasteiger partial charge in [-0.05, 0) is 25.1 Å². The van der Waals surface area contributed by atoms with E-state index in [2.05, 4.69) is 10.3 Å². The number of rotatable bonds is 5. The number of carboxylic acid groups (broad SMARTS) is 1. The summed E-state index contributed by atoms with van der Waals surface area (Å²) in [5, 5.41) is 11.9. The normalized spacial score (nSPS) is 10.1. The summed E-state index contributed by atoms with van der Waals surface area (Å²) in [7, 11) is 0. The van der Waals surface area contributed by atoms with E-state index in [1.807, 2.05) is 0 Å². The van der Waals surface area contributed by atoms with Gasteiger partial charge < -0.3 is 15.2 Å².